The summed E-state index contributed by atoms with van der Waals surface area (Å²) in [6.45, 7) is 3.93. The first-order chi connectivity index (χ1) is 12.0. The van der Waals surface area contributed by atoms with Crippen LogP contribution >= 0.6 is 23.1 Å². The van der Waals surface area contributed by atoms with Gasteiger partial charge in [0.05, 0.1) is 31.1 Å². The lowest BCUT2D eigenvalue weighted by Gasteiger charge is -2.11. The summed E-state index contributed by atoms with van der Waals surface area (Å²) in [6, 6.07) is 7.19. The highest BCUT2D eigenvalue weighted by atomic mass is 32.2. The summed E-state index contributed by atoms with van der Waals surface area (Å²) in [5, 5.41) is 4.34. The Morgan fingerprint density at radius 2 is 2.20 bits per heavy atom. The topological polar surface area (TPSA) is 77.5 Å². The van der Waals surface area contributed by atoms with Crippen LogP contribution in [-0.4, -0.2) is 35.8 Å². The fourth-order valence-corrected chi connectivity index (χ4v) is 3.91. The number of ether oxygens (including phenoxy) is 2. The van der Waals surface area contributed by atoms with Crippen LogP contribution in [0.5, 0.6) is 5.75 Å². The fourth-order valence-electron chi connectivity index (χ4n) is 1.93. The smallest absolute Gasteiger partial charge is 0.311 e. The molecular weight excluding hydrogens is 360 g/mol. The molecule has 0 aliphatic rings. The summed E-state index contributed by atoms with van der Waals surface area (Å²) in [5.74, 6) is 0.259. The van der Waals surface area contributed by atoms with Crippen molar-refractivity contribution >= 4 is 40.7 Å². The van der Waals surface area contributed by atoms with Gasteiger partial charge in [0.1, 0.15) is 5.75 Å². The standard InChI is InChI=1S/C17H20N2O4S2/c1-4-23-15(20)9-13-10-24-17(19-13)25-11(2)16(21)18-12-6-5-7-14(8-12)22-3/h5-8,10-11H,4,9H2,1-3H3,(H,18,21)/t11-/m1/s1. The zero-order valence-electron chi connectivity index (χ0n) is 14.3. The van der Waals surface area contributed by atoms with Crippen molar-refractivity contribution in [3.05, 3.63) is 35.3 Å². The van der Waals surface area contributed by atoms with Gasteiger partial charge in [-0.05, 0) is 26.0 Å². The first kappa shape index (κ1) is 19.3. The number of hydrogen-bond acceptors (Lipinski definition) is 7. The molecule has 0 radical (unpaired) electrons. The Morgan fingerprint density at radius 1 is 1.40 bits per heavy atom. The van der Waals surface area contributed by atoms with Gasteiger partial charge in [-0.2, -0.15) is 0 Å². The molecule has 0 saturated heterocycles. The number of methoxy groups -OCH3 is 1. The third-order valence-electron chi connectivity index (χ3n) is 3.15. The van der Waals surface area contributed by atoms with E-state index in [4.69, 9.17) is 9.47 Å². The van der Waals surface area contributed by atoms with Gasteiger partial charge in [0.25, 0.3) is 0 Å². The zero-order valence-corrected chi connectivity index (χ0v) is 15.9. The fraction of sp³-hybridized carbons (Fsp3) is 0.353. The number of hydrogen-bond donors (Lipinski definition) is 1. The molecule has 0 unspecified atom stereocenters. The van der Waals surface area contributed by atoms with Gasteiger partial charge in [-0.3, -0.25) is 9.59 Å². The summed E-state index contributed by atoms with van der Waals surface area (Å²) in [7, 11) is 1.58. The lowest BCUT2D eigenvalue weighted by Crippen LogP contribution is -2.22. The van der Waals surface area contributed by atoms with Gasteiger partial charge < -0.3 is 14.8 Å². The number of aromatic nitrogens is 1. The maximum Gasteiger partial charge on any atom is 0.311 e. The van der Waals surface area contributed by atoms with Crippen LogP contribution in [-0.2, 0) is 20.7 Å². The SMILES string of the molecule is CCOC(=O)Cc1csc(S[C@H](C)C(=O)Nc2cccc(OC)c2)n1. The number of nitrogens with zero attached hydrogens (tertiary/aromatic N) is 1. The summed E-state index contributed by atoms with van der Waals surface area (Å²) < 4.78 is 10.8. The quantitative estimate of drug-likeness (QED) is 0.559. The highest BCUT2D eigenvalue weighted by Gasteiger charge is 2.17. The van der Waals surface area contributed by atoms with E-state index in [1.165, 1.54) is 23.1 Å². The molecule has 1 aromatic carbocycles. The number of nitrogens with one attached hydrogen (secondary N) is 1. The molecule has 1 aromatic heterocycles. The van der Waals surface area contributed by atoms with Crippen LogP contribution in [0.4, 0.5) is 5.69 Å². The molecule has 1 N–H and O–H groups in total. The Bertz CT molecular complexity index is 733. The minimum atomic E-state index is -0.326. The number of thioether (sulfide) groups is 1. The molecule has 8 heteroatoms. The van der Waals surface area contributed by atoms with E-state index in [1.54, 1.807) is 26.2 Å². The first-order valence-corrected chi connectivity index (χ1v) is 9.49. The monoisotopic (exact) mass is 380 g/mol. The lowest BCUT2D eigenvalue weighted by molar-refractivity contribution is -0.142. The van der Waals surface area contributed by atoms with Crippen LogP contribution in [0.15, 0.2) is 34.0 Å². The molecule has 134 valence electrons. The van der Waals surface area contributed by atoms with E-state index in [1.807, 2.05) is 24.4 Å². The number of carbonyl (C=O) groups excluding carboxylic acids is 2. The number of amides is 1. The van der Waals surface area contributed by atoms with Gasteiger partial charge in [-0.25, -0.2) is 4.98 Å². The molecular formula is C17H20N2O4S2. The van der Waals surface area contributed by atoms with Crippen LogP contribution < -0.4 is 10.1 Å². The average Bonchev–Trinajstić information content (AvgIpc) is 3.01. The second-order valence-electron chi connectivity index (χ2n) is 5.07. The van der Waals surface area contributed by atoms with Gasteiger partial charge in [0.15, 0.2) is 4.34 Å². The van der Waals surface area contributed by atoms with E-state index >= 15 is 0 Å². The van der Waals surface area contributed by atoms with Gasteiger partial charge in [0, 0.05) is 17.1 Å². The Hall–Kier alpha value is -2.06. The highest BCUT2D eigenvalue weighted by molar-refractivity contribution is 8.02. The molecule has 1 amide bonds. The first-order valence-electron chi connectivity index (χ1n) is 7.73. The molecule has 0 saturated carbocycles. The van der Waals surface area contributed by atoms with Crippen LogP contribution in [0.2, 0.25) is 0 Å². The van der Waals surface area contributed by atoms with Crippen LogP contribution in [0.3, 0.4) is 0 Å². The number of benzene rings is 1. The Balaban J connectivity index is 1.90. The van der Waals surface area contributed by atoms with Crippen molar-refractivity contribution in [3.8, 4) is 5.75 Å². The Labute approximate surface area is 154 Å². The number of rotatable bonds is 8. The largest absolute Gasteiger partial charge is 0.497 e. The van der Waals surface area contributed by atoms with Crippen molar-refractivity contribution in [2.24, 2.45) is 0 Å². The minimum Gasteiger partial charge on any atom is -0.497 e. The molecule has 1 heterocycles. The maximum absolute atomic E-state index is 12.3. The van der Waals surface area contributed by atoms with E-state index in [0.29, 0.717) is 23.7 Å². The summed E-state index contributed by atoms with van der Waals surface area (Å²) in [6.07, 6.45) is 0.148. The van der Waals surface area contributed by atoms with E-state index < -0.39 is 0 Å². The Kier molecular flexibility index (Phi) is 7.27. The molecule has 0 fully saturated rings. The van der Waals surface area contributed by atoms with Crippen molar-refractivity contribution < 1.29 is 19.1 Å². The second-order valence-corrected chi connectivity index (χ2v) is 7.51. The highest BCUT2D eigenvalue weighted by Crippen LogP contribution is 2.28. The predicted octanol–water partition coefficient (Wildman–Crippen LogP) is 3.38. The van der Waals surface area contributed by atoms with E-state index in [2.05, 4.69) is 10.3 Å². The molecule has 25 heavy (non-hydrogen) atoms. The molecule has 6 nitrogen and oxygen atoms in total. The number of thiazole rings is 1. The summed E-state index contributed by atoms with van der Waals surface area (Å²) in [4.78, 5) is 28.2. The van der Waals surface area contributed by atoms with Crippen molar-refractivity contribution in [2.45, 2.75) is 29.9 Å². The average molecular weight is 380 g/mol. The van der Waals surface area contributed by atoms with Crippen LogP contribution in [0.25, 0.3) is 0 Å². The summed E-state index contributed by atoms with van der Waals surface area (Å²) in [5.41, 5.74) is 1.34. The minimum absolute atomic E-state index is 0.125. The predicted molar refractivity (Wildman–Crippen MR) is 99.4 cm³/mol. The number of carbonyl (C=O) groups is 2. The molecule has 2 aromatic rings. The van der Waals surface area contributed by atoms with E-state index in [-0.39, 0.29) is 23.5 Å². The van der Waals surface area contributed by atoms with Crippen molar-refractivity contribution in [2.75, 3.05) is 19.0 Å². The molecule has 0 aliphatic heterocycles. The van der Waals surface area contributed by atoms with Gasteiger partial charge in [-0.1, -0.05) is 17.8 Å². The number of anilines is 1. The molecule has 0 bridgehead atoms. The van der Waals surface area contributed by atoms with E-state index in [9.17, 15) is 9.59 Å². The maximum atomic E-state index is 12.3. The van der Waals surface area contributed by atoms with E-state index in [0.717, 1.165) is 4.34 Å². The van der Waals surface area contributed by atoms with Crippen LogP contribution in [0, 0.1) is 0 Å². The Morgan fingerprint density at radius 3 is 2.92 bits per heavy atom. The normalized spacial score (nSPS) is 11.6. The third-order valence-corrected chi connectivity index (χ3v) is 5.27. The van der Waals surface area contributed by atoms with Gasteiger partial charge in [-0.15, -0.1) is 11.3 Å². The van der Waals surface area contributed by atoms with Crippen molar-refractivity contribution in [3.63, 3.8) is 0 Å². The third kappa shape index (κ3) is 6.06. The van der Waals surface area contributed by atoms with Gasteiger partial charge in [0.2, 0.25) is 5.91 Å². The zero-order chi connectivity index (χ0) is 18.2. The second kappa shape index (κ2) is 9.43. The molecule has 0 aliphatic carbocycles. The summed E-state index contributed by atoms with van der Waals surface area (Å²) >= 11 is 2.77. The van der Waals surface area contributed by atoms with Crippen LogP contribution in [0.1, 0.15) is 19.5 Å². The van der Waals surface area contributed by atoms with Crippen molar-refractivity contribution in [1.29, 1.82) is 0 Å². The number of esters is 1. The molecule has 1 atom stereocenters. The molecule has 2 rings (SSSR count). The lowest BCUT2D eigenvalue weighted by atomic mass is 10.3. The molecule has 0 spiro atoms. The van der Waals surface area contributed by atoms with Gasteiger partial charge >= 0.3 is 5.97 Å². The van der Waals surface area contributed by atoms with Crippen molar-refractivity contribution in [1.82, 2.24) is 4.98 Å².